The fourth-order valence-electron chi connectivity index (χ4n) is 3.72. The highest BCUT2D eigenvalue weighted by molar-refractivity contribution is 6.30. The van der Waals surface area contributed by atoms with Crippen molar-refractivity contribution in [2.24, 2.45) is 0 Å². The number of halogens is 2. The molecule has 2 amide bonds. The van der Waals surface area contributed by atoms with Crippen LogP contribution in [0.3, 0.4) is 0 Å². The molecule has 1 aliphatic rings. The van der Waals surface area contributed by atoms with E-state index in [2.05, 4.69) is 10.6 Å². The quantitative estimate of drug-likeness (QED) is 0.408. The first-order chi connectivity index (χ1) is 16.0. The van der Waals surface area contributed by atoms with E-state index < -0.39 is 12.0 Å². The SMILES string of the molecule is O=C1NC(CCc2cccc(Cl)c2)=C(C(=O)OCc2ccccc2)C(c2ccc(Cl)cc2)N1. The van der Waals surface area contributed by atoms with Crippen LogP contribution in [-0.2, 0) is 22.6 Å². The van der Waals surface area contributed by atoms with Gasteiger partial charge in [0.05, 0.1) is 11.6 Å². The average molecular weight is 481 g/mol. The van der Waals surface area contributed by atoms with Crippen molar-refractivity contribution in [2.75, 3.05) is 0 Å². The Balaban J connectivity index is 1.65. The molecule has 1 unspecified atom stereocenters. The Labute approximate surface area is 202 Å². The molecule has 0 fully saturated rings. The summed E-state index contributed by atoms with van der Waals surface area (Å²) < 4.78 is 5.64. The van der Waals surface area contributed by atoms with E-state index in [1.165, 1.54) is 0 Å². The Morgan fingerprint density at radius 1 is 0.848 bits per heavy atom. The number of hydrogen-bond acceptors (Lipinski definition) is 3. The minimum atomic E-state index is -0.659. The van der Waals surface area contributed by atoms with Crippen molar-refractivity contribution in [3.8, 4) is 0 Å². The van der Waals surface area contributed by atoms with E-state index in [9.17, 15) is 9.59 Å². The number of urea groups is 1. The zero-order valence-electron chi connectivity index (χ0n) is 17.7. The van der Waals surface area contributed by atoms with E-state index in [4.69, 9.17) is 27.9 Å². The van der Waals surface area contributed by atoms with Gasteiger partial charge in [0.25, 0.3) is 0 Å². The van der Waals surface area contributed by atoms with Crippen molar-refractivity contribution >= 4 is 35.2 Å². The third-order valence-electron chi connectivity index (χ3n) is 5.34. The molecule has 1 heterocycles. The highest BCUT2D eigenvalue weighted by Gasteiger charge is 2.33. The molecule has 0 aliphatic carbocycles. The van der Waals surface area contributed by atoms with Gasteiger partial charge >= 0.3 is 12.0 Å². The monoisotopic (exact) mass is 480 g/mol. The predicted molar refractivity (Wildman–Crippen MR) is 129 cm³/mol. The normalized spacial score (nSPS) is 15.6. The Morgan fingerprint density at radius 3 is 2.30 bits per heavy atom. The first kappa shape index (κ1) is 22.9. The van der Waals surface area contributed by atoms with Gasteiger partial charge in [0, 0.05) is 15.7 Å². The molecule has 5 nitrogen and oxygen atoms in total. The third kappa shape index (κ3) is 5.95. The third-order valence-corrected chi connectivity index (χ3v) is 5.83. The lowest BCUT2D eigenvalue weighted by atomic mass is 9.93. The Morgan fingerprint density at radius 2 is 1.58 bits per heavy atom. The highest BCUT2D eigenvalue weighted by Crippen LogP contribution is 2.30. The maximum Gasteiger partial charge on any atom is 0.338 e. The minimum Gasteiger partial charge on any atom is -0.457 e. The summed E-state index contributed by atoms with van der Waals surface area (Å²) in [6.45, 7) is 0.131. The van der Waals surface area contributed by atoms with Crippen molar-refractivity contribution in [1.82, 2.24) is 10.6 Å². The fourth-order valence-corrected chi connectivity index (χ4v) is 4.06. The lowest BCUT2D eigenvalue weighted by molar-refractivity contribution is -0.140. The zero-order valence-corrected chi connectivity index (χ0v) is 19.2. The van der Waals surface area contributed by atoms with Gasteiger partial charge in [0.1, 0.15) is 6.61 Å². The summed E-state index contributed by atoms with van der Waals surface area (Å²) in [5, 5.41) is 6.86. The van der Waals surface area contributed by atoms with Crippen LogP contribution in [0.4, 0.5) is 4.79 Å². The van der Waals surface area contributed by atoms with Crippen LogP contribution in [0.1, 0.15) is 29.2 Å². The summed E-state index contributed by atoms with van der Waals surface area (Å²) in [6, 6.07) is 23.0. The molecule has 0 saturated heterocycles. The lowest BCUT2D eigenvalue weighted by Gasteiger charge is -2.29. The van der Waals surface area contributed by atoms with Gasteiger partial charge in [0.15, 0.2) is 0 Å². The number of hydrogen-bond donors (Lipinski definition) is 2. The number of carbonyl (C=O) groups excluding carboxylic acids is 2. The second-order valence-corrected chi connectivity index (χ2v) is 8.54. The zero-order chi connectivity index (χ0) is 23.2. The van der Waals surface area contributed by atoms with E-state index in [0.29, 0.717) is 34.2 Å². The summed E-state index contributed by atoms with van der Waals surface area (Å²) >= 11 is 12.1. The molecular weight excluding hydrogens is 459 g/mol. The van der Waals surface area contributed by atoms with Crippen LogP contribution in [0.2, 0.25) is 10.0 Å². The van der Waals surface area contributed by atoms with Crippen LogP contribution in [0.5, 0.6) is 0 Å². The van der Waals surface area contributed by atoms with Crippen LogP contribution < -0.4 is 10.6 Å². The Bertz CT molecular complexity index is 1180. The molecule has 0 aromatic heterocycles. The summed E-state index contributed by atoms with van der Waals surface area (Å²) in [4.78, 5) is 25.8. The topological polar surface area (TPSA) is 67.4 Å². The summed E-state index contributed by atoms with van der Waals surface area (Å²) in [6.07, 6.45) is 1.03. The van der Waals surface area contributed by atoms with Crippen LogP contribution in [0, 0.1) is 0 Å². The number of nitrogens with one attached hydrogen (secondary N) is 2. The van der Waals surface area contributed by atoms with Crippen molar-refractivity contribution < 1.29 is 14.3 Å². The summed E-state index contributed by atoms with van der Waals surface area (Å²) in [5.41, 5.74) is 3.51. The number of amides is 2. The Kier molecular flexibility index (Phi) is 7.33. The number of carbonyl (C=O) groups is 2. The number of esters is 1. The number of allylic oxidation sites excluding steroid dienone is 1. The van der Waals surface area contributed by atoms with Crippen LogP contribution in [0.15, 0.2) is 90.1 Å². The number of aryl methyl sites for hydroxylation is 1. The standard InChI is InChI=1S/C26H22Cl2N2O3/c27-20-12-10-19(11-13-20)24-23(25(31)33-16-18-5-2-1-3-6-18)22(29-26(32)30-24)14-9-17-7-4-8-21(28)15-17/h1-8,10-13,15,24H,9,14,16H2,(H2,29,30,32). The van der Waals surface area contributed by atoms with E-state index in [-0.39, 0.29) is 12.6 Å². The molecule has 3 aromatic carbocycles. The van der Waals surface area contributed by atoms with Crippen LogP contribution >= 0.6 is 23.2 Å². The number of benzene rings is 3. The molecule has 3 aromatic rings. The van der Waals surface area contributed by atoms with Gasteiger partial charge in [-0.3, -0.25) is 0 Å². The maximum absolute atomic E-state index is 13.3. The first-order valence-electron chi connectivity index (χ1n) is 10.5. The first-order valence-corrected chi connectivity index (χ1v) is 11.3. The molecule has 0 bridgehead atoms. The second kappa shape index (κ2) is 10.6. The molecule has 1 aliphatic heterocycles. The van der Waals surface area contributed by atoms with Gasteiger partial charge in [-0.1, -0.05) is 77.8 Å². The van der Waals surface area contributed by atoms with E-state index >= 15 is 0 Å². The number of rotatable bonds is 7. The summed E-state index contributed by atoms with van der Waals surface area (Å²) in [5.74, 6) is -0.493. The van der Waals surface area contributed by atoms with Crippen molar-refractivity contribution in [2.45, 2.75) is 25.5 Å². The van der Waals surface area contributed by atoms with Crippen molar-refractivity contribution in [3.63, 3.8) is 0 Å². The van der Waals surface area contributed by atoms with E-state index in [0.717, 1.165) is 16.7 Å². The smallest absolute Gasteiger partial charge is 0.338 e. The predicted octanol–water partition coefficient (Wildman–Crippen LogP) is 5.98. The van der Waals surface area contributed by atoms with Crippen molar-refractivity contribution in [3.05, 3.63) is 117 Å². The molecular formula is C26H22Cl2N2O3. The Hall–Kier alpha value is -3.28. The number of ether oxygens (including phenoxy) is 1. The average Bonchev–Trinajstić information content (AvgIpc) is 2.82. The van der Waals surface area contributed by atoms with Gasteiger partial charge < -0.3 is 15.4 Å². The fraction of sp³-hybridized carbons (Fsp3) is 0.154. The van der Waals surface area contributed by atoms with Crippen LogP contribution in [-0.4, -0.2) is 12.0 Å². The van der Waals surface area contributed by atoms with Gasteiger partial charge in [-0.05, 0) is 53.8 Å². The molecule has 7 heteroatoms. The maximum atomic E-state index is 13.3. The molecule has 0 radical (unpaired) electrons. The summed E-state index contributed by atoms with van der Waals surface area (Å²) in [7, 11) is 0. The molecule has 2 N–H and O–H groups in total. The molecule has 168 valence electrons. The largest absolute Gasteiger partial charge is 0.457 e. The van der Waals surface area contributed by atoms with Crippen molar-refractivity contribution in [1.29, 1.82) is 0 Å². The van der Waals surface area contributed by atoms with Gasteiger partial charge in [-0.2, -0.15) is 0 Å². The lowest BCUT2D eigenvalue weighted by Crippen LogP contribution is -2.46. The van der Waals surface area contributed by atoms with E-state index in [1.54, 1.807) is 30.3 Å². The molecule has 0 spiro atoms. The minimum absolute atomic E-state index is 0.131. The van der Waals surface area contributed by atoms with Crippen LogP contribution in [0.25, 0.3) is 0 Å². The van der Waals surface area contributed by atoms with E-state index in [1.807, 2.05) is 48.5 Å². The van der Waals surface area contributed by atoms with Gasteiger partial charge in [-0.25, -0.2) is 9.59 Å². The molecule has 0 saturated carbocycles. The van der Waals surface area contributed by atoms with Gasteiger partial charge in [-0.15, -0.1) is 0 Å². The highest BCUT2D eigenvalue weighted by atomic mass is 35.5. The molecule has 1 atom stereocenters. The second-order valence-electron chi connectivity index (χ2n) is 7.67. The molecule has 4 rings (SSSR count). The molecule has 33 heavy (non-hydrogen) atoms. The van der Waals surface area contributed by atoms with Gasteiger partial charge in [0.2, 0.25) is 0 Å².